The van der Waals surface area contributed by atoms with Gasteiger partial charge < -0.3 is 15.2 Å². The van der Waals surface area contributed by atoms with E-state index >= 15 is 0 Å². The largest absolute Gasteiger partial charge is 0.416 e. The summed E-state index contributed by atoms with van der Waals surface area (Å²) in [6.45, 7) is 2.91. The number of nitrogens with zero attached hydrogens (tertiary/aromatic N) is 3. The number of imidazole rings is 1. The highest BCUT2D eigenvalue weighted by molar-refractivity contribution is 5.80. The van der Waals surface area contributed by atoms with Gasteiger partial charge in [-0.2, -0.15) is 13.2 Å². The quantitative estimate of drug-likeness (QED) is 0.464. The fourth-order valence-electron chi connectivity index (χ4n) is 3.06. The van der Waals surface area contributed by atoms with Crippen LogP contribution in [-0.4, -0.2) is 22.6 Å². The third-order valence-electron chi connectivity index (χ3n) is 4.70. The van der Waals surface area contributed by atoms with Gasteiger partial charge in [0, 0.05) is 26.0 Å². The normalized spacial score (nSPS) is 13.2. The maximum absolute atomic E-state index is 13.0. The van der Waals surface area contributed by atoms with Gasteiger partial charge in [-0.3, -0.25) is 4.99 Å². The fraction of sp³-hybridized carbons (Fsp3) is 0.273. The Hall–Kier alpha value is -3.29. The average Bonchev–Trinajstić information content (AvgIpc) is 3.18. The molecule has 3 aromatic rings. The minimum Gasteiger partial charge on any atom is -0.350 e. The number of hydrogen-bond donors (Lipinski definition) is 2. The zero-order valence-electron chi connectivity index (χ0n) is 16.8. The molecule has 0 amide bonds. The van der Waals surface area contributed by atoms with Gasteiger partial charge >= 0.3 is 6.18 Å². The lowest BCUT2D eigenvalue weighted by Crippen LogP contribution is -2.38. The van der Waals surface area contributed by atoms with Gasteiger partial charge in [0.2, 0.25) is 0 Å². The van der Waals surface area contributed by atoms with E-state index in [2.05, 4.69) is 32.7 Å². The Morgan fingerprint density at radius 2 is 1.90 bits per heavy atom. The second kappa shape index (κ2) is 9.47. The second-order valence-electron chi connectivity index (χ2n) is 6.87. The molecule has 0 aliphatic rings. The van der Waals surface area contributed by atoms with Crippen molar-refractivity contribution in [2.75, 3.05) is 7.05 Å². The van der Waals surface area contributed by atoms with Crippen molar-refractivity contribution < 1.29 is 13.2 Å². The molecule has 158 valence electrons. The summed E-state index contributed by atoms with van der Waals surface area (Å²) >= 11 is 0. The molecule has 2 aromatic carbocycles. The highest BCUT2D eigenvalue weighted by atomic mass is 19.4. The van der Waals surface area contributed by atoms with Gasteiger partial charge in [-0.05, 0) is 30.2 Å². The first-order chi connectivity index (χ1) is 14.4. The van der Waals surface area contributed by atoms with E-state index in [4.69, 9.17) is 0 Å². The number of nitrogens with one attached hydrogen (secondary N) is 2. The average molecular weight is 415 g/mol. The molecule has 0 fully saturated rings. The van der Waals surface area contributed by atoms with E-state index in [1.165, 1.54) is 6.07 Å². The van der Waals surface area contributed by atoms with Crippen LogP contribution >= 0.6 is 0 Å². The summed E-state index contributed by atoms with van der Waals surface area (Å²) in [6.07, 6.45) is -0.724. The van der Waals surface area contributed by atoms with E-state index < -0.39 is 11.7 Å². The zero-order valence-corrected chi connectivity index (χ0v) is 16.8. The van der Waals surface area contributed by atoms with Crippen LogP contribution in [0.5, 0.6) is 0 Å². The van der Waals surface area contributed by atoms with Crippen molar-refractivity contribution >= 4 is 5.96 Å². The van der Waals surface area contributed by atoms with E-state index in [9.17, 15) is 13.2 Å². The van der Waals surface area contributed by atoms with Crippen LogP contribution in [0.4, 0.5) is 13.2 Å². The van der Waals surface area contributed by atoms with E-state index in [-0.39, 0.29) is 6.04 Å². The molecule has 8 heteroatoms. The van der Waals surface area contributed by atoms with Gasteiger partial charge in [-0.1, -0.05) is 42.5 Å². The van der Waals surface area contributed by atoms with Crippen LogP contribution in [0, 0.1) is 0 Å². The van der Waals surface area contributed by atoms with Gasteiger partial charge in [0.05, 0.1) is 18.2 Å². The Balaban J connectivity index is 1.62. The predicted molar refractivity (Wildman–Crippen MR) is 111 cm³/mol. The summed E-state index contributed by atoms with van der Waals surface area (Å²) in [6, 6.07) is 15.0. The molecule has 0 saturated heterocycles. The summed E-state index contributed by atoms with van der Waals surface area (Å²) < 4.78 is 40.9. The van der Waals surface area contributed by atoms with Crippen LogP contribution in [0.1, 0.15) is 35.5 Å². The van der Waals surface area contributed by atoms with Crippen LogP contribution in [0.2, 0.25) is 0 Å². The maximum atomic E-state index is 13.0. The summed E-state index contributed by atoms with van der Waals surface area (Å²) in [5.41, 5.74) is 1.02. The molecule has 2 N–H and O–H groups in total. The number of halogens is 3. The molecule has 1 aromatic heterocycles. The summed E-state index contributed by atoms with van der Waals surface area (Å²) in [7, 11) is 1.62. The number of aliphatic imine (C=N–C) groups is 1. The van der Waals surface area contributed by atoms with Gasteiger partial charge in [0.1, 0.15) is 5.82 Å². The molecule has 1 heterocycles. The molecule has 0 bridgehead atoms. The molecule has 30 heavy (non-hydrogen) atoms. The van der Waals surface area contributed by atoms with Crippen molar-refractivity contribution in [3.05, 3.63) is 89.5 Å². The molecule has 3 rings (SSSR count). The standard InChI is InChI=1S/C22H24F3N5/c1-16(18-9-6-10-19(13-18)22(23,24)25)29-21(26-2)28-14-20-27-11-12-30(20)15-17-7-4-3-5-8-17/h3-13,16H,14-15H2,1-2H3,(H2,26,28,29). The molecule has 5 nitrogen and oxygen atoms in total. The molecular weight excluding hydrogens is 391 g/mol. The number of benzene rings is 2. The van der Waals surface area contributed by atoms with Crippen LogP contribution in [0.3, 0.4) is 0 Å². The number of rotatable bonds is 6. The SMILES string of the molecule is CN=C(NCc1nccn1Cc1ccccc1)NC(C)c1cccc(C(F)(F)F)c1. The minimum atomic E-state index is -4.37. The van der Waals surface area contributed by atoms with Gasteiger partial charge in [0.25, 0.3) is 0 Å². The summed E-state index contributed by atoms with van der Waals surface area (Å²) in [5, 5.41) is 6.30. The molecule has 1 unspecified atom stereocenters. The highest BCUT2D eigenvalue weighted by Crippen LogP contribution is 2.30. The van der Waals surface area contributed by atoms with Crippen LogP contribution in [0.15, 0.2) is 72.0 Å². The van der Waals surface area contributed by atoms with E-state index in [0.717, 1.165) is 23.5 Å². The van der Waals surface area contributed by atoms with Crippen molar-refractivity contribution in [3.63, 3.8) is 0 Å². The number of guanidine groups is 1. The number of hydrogen-bond acceptors (Lipinski definition) is 2. The lowest BCUT2D eigenvalue weighted by Gasteiger charge is -2.19. The third-order valence-corrected chi connectivity index (χ3v) is 4.70. The first kappa shape index (κ1) is 21.4. The number of aromatic nitrogens is 2. The molecule has 0 aliphatic heterocycles. The van der Waals surface area contributed by atoms with Crippen molar-refractivity contribution in [1.29, 1.82) is 0 Å². The van der Waals surface area contributed by atoms with Crippen LogP contribution < -0.4 is 10.6 Å². The van der Waals surface area contributed by atoms with Crippen LogP contribution in [-0.2, 0) is 19.3 Å². The highest BCUT2D eigenvalue weighted by Gasteiger charge is 2.30. The molecule has 0 radical (unpaired) electrons. The topological polar surface area (TPSA) is 54.2 Å². The molecule has 1 atom stereocenters. The third kappa shape index (κ3) is 5.62. The Morgan fingerprint density at radius 3 is 2.60 bits per heavy atom. The summed E-state index contributed by atoms with van der Waals surface area (Å²) in [5.74, 6) is 1.31. The minimum absolute atomic E-state index is 0.359. The van der Waals surface area contributed by atoms with E-state index in [0.29, 0.717) is 24.6 Å². The maximum Gasteiger partial charge on any atom is 0.416 e. The van der Waals surface area contributed by atoms with Crippen LogP contribution in [0.25, 0.3) is 0 Å². The zero-order chi connectivity index (χ0) is 21.6. The summed E-state index contributed by atoms with van der Waals surface area (Å²) in [4.78, 5) is 8.56. The van der Waals surface area contributed by atoms with Gasteiger partial charge in [-0.25, -0.2) is 4.98 Å². The van der Waals surface area contributed by atoms with Crippen molar-refractivity contribution in [3.8, 4) is 0 Å². The van der Waals surface area contributed by atoms with Crippen molar-refractivity contribution in [2.45, 2.75) is 32.2 Å². The molecule has 0 spiro atoms. The van der Waals surface area contributed by atoms with Gasteiger partial charge in [0.15, 0.2) is 5.96 Å². The predicted octanol–water partition coefficient (Wildman–Crippen LogP) is 4.38. The second-order valence-corrected chi connectivity index (χ2v) is 6.87. The Labute approximate surface area is 173 Å². The molecular formula is C22H24F3N5. The number of alkyl halides is 3. The first-order valence-electron chi connectivity index (χ1n) is 9.55. The molecule has 0 saturated carbocycles. The van der Waals surface area contributed by atoms with E-state index in [1.807, 2.05) is 29.0 Å². The lowest BCUT2D eigenvalue weighted by molar-refractivity contribution is -0.137. The fourth-order valence-corrected chi connectivity index (χ4v) is 3.06. The van der Waals surface area contributed by atoms with Crippen molar-refractivity contribution in [1.82, 2.24) is 20.2 Å². The Kier molecular flexibility index (Phi) is 6.76. The monoisotopic (exact) mass is 415 g/mol. The smallest absolute Gasteiger partial charge is 0.350 e. The lowest BCUT2D eigenvalue weighted by atomic mass is 10.1. The van der Waals surface area contributed by atoms with Gasteiger partial charge in [-0.15, -0.1) is 0 Å². The first-order valence-corrected chi connectivity index (χ1v) is 9.55. The van der Waals surface area contributed by atoms with Crippen molar-refractivity contribution in [2.24, 2.45) is 4.99 Å². The Morgan fingerprint density at radius 1 is 1.13 bits per heavy atom. The molecule has 0 aliphatic carbocycles. The van der Waals surface area contributed by atoms with E-state index in [1.54, 1.807) is 26.2 Å². The Bertz CT molecular complexity index is 980.